The van der Waals surface area contributed by atoms with Gasteiger partial charge in [0, 0.05) is 19.3 Å². The van der Waals surface area contributed by atoms with Gasteiger partial charge in [0.2, 0.25) is 0 Å². The molecule has 0 aliphatic carbocycles. The van der Waals surface area contributed by atoms with Gasteiger partial charge in [0.15, 0.2) is 0 Å². The molecule has 0 saturated heterocycles. The van der Waals surface area contributed by atoms with Gasteiger partial charge in [-0.2, -0.15) is 10.2 Å². The van der Waals surface area contributed by atoms with Crippen LogP contribution in [0.25, 0.3) is 0 Å². The van der Waals surface area contributed by atoms with Crippen LogP contribution in [0.2, 0.25) is 0 Å². The van der Waals surface area contributed by atoms with Gasteiger partial charge in [-0.25, -0.2) is 5.43 Å². The highest BCUT2D eigenvalue weighted by Crippen LogP contribution is 2.14. The van der Waals surface area contributed by atoms with Crippen molar-refractivity contribution in [3.63, 3.8) is 0 Å². The predicted molar refractivity (Wildman–Crippen MR) is 71.4 cm³/mol. The Morgan fingerprint density at radius 3 is 2.85 bits per heavy atom. The number of nitro benzene ring substituents is 1. The maximum absolute atomic E-state index is 11.7. The van der Waals surface area contributed by atoms with E-state index in [1.54, 1.807) is 19.2 Å². The number of nitrogens with zero attached hydrogens (tertiary/aromatic N) is 4. The molecule has 0 radical (unpaired) electrons. The molecule has 1 aromatic carbocycles. The molecule has 0 fully saturated rings. The van der Waals surface area contributed by atoms with Crippen molar-refractivity contribution in [1.29, 1.82) is 0 Å². The summed E-state index contributed by atoms with van der Waals surface area (Å²) in [6.45, 7) is 0. The number of amides is 1. The standard InChI is InChI=1S/C12H11N5O3/c1-16-11(6-7-14-16)12(18)15-13-8-9-4-2-3-5-10(9)17(19)20/h2-8H,1H3,(H,15,18)/b13-8-. The predicted octanol–water partition coefficient (Wildman–Crippen LogP) is 1.09. The monoisotopic (exact) mass is 273 g/mol. The lowest BCUT2D eigenvalue weighted by Crippen LogP contribution is -2.20. The summed E-state index contributed by atoms with van der Waals surface area (Å²) >= 11 is 0. The van der Waals surface area contributed by atoms with E-state index in [1.807, 2.05) is 0 Å². The number of hydrogen-bond donors (Lipinski definition) is 1. The molecule has 0 saturated carbocycles. The molecule has 102 valence electrons. The summed E-state index contributed by atoms with van der Waals surface area (Å²) in [5.74, 6) is -0.445. The molecule has 0 atom stereocenters. The van der Waals surface area contributed by atoms with E-state index in [2.05, 4.69) is 15.6 Å². The third-order valence-electron chi connectivity index (χ3n) is 2.56. The fraction of sp³-hybridized carbons (Fsp3) is 0.0833. The highest BCUT2D eigenvalue weighted by Gasteiger charge is 2.11. The average Bonchev–Trinajstić information content (AvgIpc) is 2.85. The van der Waals surface area contributed by atoms with Crippen LogP contribution in [0.1, 0.15) is 16.1 Å². The second-order valence-corrected chi connectivity index (χ2v) is 3.86. The second-order valence-electron chi connectivity index (χ2n) is 3.86. The van der Waals surface area contributed by atoms with Crippen molar-refractivity contribution in [2.24, 2.45) is 12.1 Å². The molecule has 1 amide bonds. The Kier molecular flexibility index (Phi) is 3.85. The average molecular weight is 273 g/mol. The van der Waals surface area contributed by atoms with Gasteiger partial charge < -0.3 is 0 Å². The summed E-state index contributed by atoms with van der Waals surface area (Å²) in [4.78, 5) is 22.0. The summed E-state index contributed by atoms with van der Waals surface area (Å²) in [6, 6.07) is 7.65. The molecule has 0 unspecified atom stereocenters. The van der Waals surface area contributed by atoms with Crippen LogP contribution in [0.3, 0.4) is 0 Å². The topological polar surface area (TPSA) is 102 Å². The highest BCUT2D eigenvalue weighted by molar-refractivity contribution is 5.93. The van der Waals surface area contributed by atoms with Crippen LogP contribution >= 0.6 is 0 Å². The quantitative estimate of drug-likeness (QED) is 0.511. The minimum Gasteiger partial charge on any atom is -0.266 e. The molecular formula is C12H11N5O3. The highest BCUT2D eigenvalue weighted by atomic mass is 16.6. The third-order valence-corrected chi connectivity index (χ3v) is 2.56. The molecule has 20 heavy (non-hydrogen) atoms. The van der Waals surface area contributed by atoms with E-state index in [-0.39, 0.29) is 5.69 Å². The Labute approximate surface area is 113 Å². The lowest BCUT2D eigenvalue weighted by Gasteiger charge is -2.00. The lowest BCUT2D eigenvalue weighted by atomic mass is 10.2. The Bertz CT molecular complexity index is 677. The molecule has 8 heteroatoms. The minimum atomic E-state index is -0.510. The van der Waals surface area contributed by atoms with Gasteiger partial charge in [-0.1, -0.05) is 12.1 Å². The normalized spacial score (nSPS) is 10.7. The second kappa shape index (κ2) is 5.74. The van der Waals surface area contributed by atoms with Gasteiger partial charge in [0.1, 0.15) is 5.69 Å². The van der Waals surface area contributed by atoms with Gasteiger partial charge in [-0.15, -0.1) is 0 Å². The number of hydrogen-bond acceptors (Lipinski definition) is 5. The number of benzene rings is 1. The van der Waals surface area contributed by atoms with Crippen LogP contribution < -0.4 is 5.43 Å². The first kappa shape index (κ1) is 13.4. The van der Waals surface area contributed by atoms with E-state index in [9.17, 15) is 14.9 Å². The number of carbonyl (C=O) groups is 1. The van der Waals surface area contributed by atoms with Gasteiger partial charge in [-0.3, -0.25) is 19.6 Å². The number of aryl methyl sites for hydroxylation is 1. The van der Waals surface area contributed by atoms with E-state index >= 15 is 0 Å². The molecule has 1 heterocycles. The Morgan fingerprint density at radius 2 is 2.20 bits per heavy atom. The van der Waals surface area contributed by atoms with E-state index < -0.39 is 10.8 Å². The van der Waals surface area contributed by atoms with E-state index in [4.69, 9.17) is 0 Å². The summed E-state index contributed by atoms with van der Waals surface area (Å²) in [5.41, 5.74) is 2.86. The molecule has 0 spiro atoms. The van der Waals surface area contributed by atoms with E-state index in [0.29, 0.717) is 11.3 Å². The first-order valence-electron chi connectivity index (χ1n) is 5.64. The molecule has 2 aromatic rings. The largest absolute Gasteiger partial charge is 0.289 e. The van der Waals surface area contributed by atoms with E-state index in [1.165, 1.54) is 35.3 Å². The summed E-state index contributed by atoms with van der Waals surface area (Å²) in [7, 11) is 1.63. The third kappa shape index (κ3) is 2.86. The van der Waals surface area contributed by atoms with Crippen molar-refractivity contribution < 1.29 is 9.72 Å². The number of nitrogens with one attached hydrogen (secondary N) is 1. The van der Waals surface area contributed by atoms with Crippen LogP contribution in [-0.4, -0.2) is 26.8 Å². The zero-order valence-corrected chi connectivity index (χ0v) is 10.6. The fourth-order valence-electron chi connectivity index (χ4n) is 1.58. The smallest absolute Gasteiger partial charge is 0.266 e. The Morgan fingerprint density at radius 1 is 1.45 bits per heavy atom. The van der Waals surface area contributed by atoms with Gasteiger partial charge in [0.25, 0.3) is 11.6 Å². The maximum atomic E-state index is 11.7. The van der Waals surface area contributed by atoms with Crippen molar-refractivity contribution >= 4 is 17.8 Å². The molecule has 1 N–H and O–H groups in total. The van der Waals surface area contributed by atoms with Crippen LogP contribution in [0.15, 0.2) is 41.6 Å². The zero-order valence-electron chi connectivity index (χ0n) is 10.6. The summed E-state index contributed by atoms with van der Waals surface area (Å²) in [6.07, 6.45) is 2.72. The lowest BCUT2D eigenvalue weighted by molar-refractivity contribution is -0.385. The first-order valence-corrected chi connectivity index (χ1v) is 5.64. The van der Waals surface area contributed by atoms with Crippen molar-refractivity contribution in [2.75, 3.05) is 0 Å². The molecular weight excluding hydrogens is 262 g/mol. The molecule has 0 aliphatic rings. The molecule has 8 nitrogen and oxygen atoms in total. The first-order chi connectivity index (χ1) is 9.59. The van der Waals surface area contributed by atoms with Crippen molar-refractivity contribution in [3.8, 4) is 0 Å². The van der Waals surface area contributed by atoms with E-state index in [0.717, 1.165) is 0 Å². The van der Waals surface area contributed by atoms with Gasteiger partial charge >= 0.3 is 0 Å². The van der Waals surface area contributed by atoms with Crippen LogP contribution in [0.4, 0.5) is 5.69 Å². The number of rotatable bonds is 4. The van der Waals surface area contributed by atoms with Crippen LogP contribution in [0.5, 0.6) is 0 Å². The summed E-state index contributed by atoms with van der Waals surface area (Å²) in [5, 5.41) is 18.4. The molecule has 2 rings (SSSR count). The number of hydrazone groups is 1. The van der Waals surface area contributed by atoms with Gasteiger partial charge in [-0.05, 0) is 12.1 Å². The SMILES string of the molecule is Cn1nccc1C(=O)N/N=C\c1ccccc1[N+](=O)[O-]. The van der Waals surface area contributed by atoms with Crippen molar-refractivity contribution in [2.45, 2.75) is 0 Å². The van der Waals surface area contributed by atoms with Crippen molar-refractivity contribution in [1.82, 2.24) is 15.2 Å². The zero-order chi connectivity index (χ0) is 14.5. The Hall–Kier alpha value is -3.03. The van der Waals surface area contributed by atoms with Crippen LogP contribution in [0, 0.1) is 10.1 Å². The number of carbonyl (C=O) groups excluding carboxylic acids is 1. The molecule has 0 aliphatic heterocycles. The minimum absolute atomic E-state index is 0.0777. The number of nitro groups is 1. The Balaban J connectivity index is 2.10. The van der Waals surface area contributed by atoms with Crippen LogP contribution in [-0.2, 0) is 7.05 Å². The summed E-state index contributed by atoms with van der Waals surface area (Å²) < 4.78 is 1.40. The van der Waals surface area contributed by atoms with Crippen molar-refractivity contribution in [3.05, 3.63) is 57.9 Å². The fourth-order valence-corrected chi connectivity index (χ4v) is 1.58. The number of aromatic nitrogens is 2. The van der Waals surface area contributed by atoms with Gasteiger partial charge in [0.05, 0.1) is 16.7 Å². The maximum Gasteiger partial charge on any atom is 0.289 e. The number of para-hydroxylation sites is 1. The molecule has 1 aromatic heterocycles. The molecule has 0 bridgehead atoms.